The Balaban J connectivity index is 3.27. The fourth-order valence-corrected chi connectivity index (χ4v) is 6.90. The minimum absolute atomic E-state index is 0.131. The molecule has 1 unspecified atom stereocenters. The SMILES string of the molecule is CCOP(=O)(OCC)C(CC)S(=O)(=O)c1ccccc1. The molecule has 0 aliphatic carbocycles. The van der Waals surface area contributed by atoms with Crippen LogP contribution in [0.3, 0.4) is 0 Å². The normalized spacial score (nSPS) is 14.2. The van der Waals surface area contributed by atoms with Crippen molar-refractivity contribution in [3.05, 3.63) is 30.3 Å². The average molecular weight is 320 g/mol. The van der Waals surface area contributed by atoms with Gasteiger partial charge in [-0.05, 0) is 32.4 Å². The Morgan fingerprint density at radius 3 is 1.95 bits per heavy atom. The molecule has 0 bridgehead atoms. The van der Waals surface area contributed by atoms with Crippen molar-refractivity contribution < 1.29 is 22.0 Å². The van der Waals surface area contributed by atoms with Crippen molar-refractivity contribution in [2.45, 2.75) is 37.1 Å². The first-order valence-corrected chi connectivity index (χ1v) is 9.75. The van der Waals surface area contributed by atoms with Gasteiger partial charge in [-0.25, -0.2) is 8.42 Å². The minimum Gasteiger partial charge on any atom is -0.308 e. The molecular formula is C13H21O5PS. The molecule has 1 aromatic carbocycles. The van der Waals surface area contributed by atoms with Gasteiger partial charge in [0.1, 0.15) is 0 Å². The lowest BCUT2D eigenvalue weighted by molar-refractivity contribution is 0.217. The molecule has 0 amide bonds. The quantitative estimate of drug-likeness (QED) is 0.686. The molecular weight excluding hydrogens is 299 g/mol. The van der Waals surface area contributed by atoms with Gasteiger partial charge in [-0.15, -0.1) is 0 Å². The van der Waals surface area contributed by atoms with Crippen LogP contribution >= 0.6 is 7.60 Å². The van der Waals surface area contributed by atoms with E-state index in [1.165, 1.54) is 12.1 Å². The van der Waals surface area contributed by atoms with Gasteiger partial charge in [0.25, 0.3) is 0 Å². The summed E-state index contributed by atoms with van der Waals surface area (Å²) in [5, 5.41) is 0. The second-order valence-corrected chi connectivity index (χ2v) is 8.80. The summed E-state index contributed by atoms with van der Waals surface area (Å²) in [6.07, 6.45) is 0.161. The van der Waals surface area contributed by atoms with Crippen LogP contribution in [0.15, 0.2) is 35.2 Å². The predicted molar refractivity (Wildman–Crippen MR) is 78.6 cm³/mol. The predicted octanol–water partition coefficient (Wildman–Crippen LogP) is 3.46. The first-order chi connectivity index (χ1) is 9.42. The maximum Gasteiger partial charge on any atom is 0.349 e. The summed E-state index contributed by atoms with van der Waals surface area (Å²) in [5.74, 6) is 0. The first kappa shape index (κ1) is 17.4. The van der Waals surface area contributed by atoms with E-state index in [-0.39, 0.29) is 24.5 Å². The molecule has 5 nitrogen and oxygen atoms in total. The van der Waals surface area contributed by atoms with Crippen molar-refractivity contribution in [3.63, 3.8) is 0 Å². The van der Waals surface area contributed by atoms with Crippen molar-refractivity contribution in [1.82, 2.24) is 0 Å². The van der Waals surface area contributed by atoms with E-state index in [1.54, 1.807) is 39.0 Å². The van der Waals surface area contributed by atoms with E-state index < -0.39 is 22.4 Å². The Morgan fingerprint density at radius 1 is 1.05 bits per heavy atom. The first-order valence-electron chi connectivity index (χ1n) is 6.60. The van der Waals surface area contributed by atoms with Gasteiger partial charge in [0.05, 0.1) is 18.1 Å². The summed E-state index contributed by atoms with van der Waals surface area (Å²) in [4.78, 5) is -1.05. The molecule has 0 aromatic heterocycles. The molecule has 0 heterocycles. The lowest BCUT2D eigenvalue weighted by Crippen LogP contribution is -2.23. The molecule has 0 fully saturated rings. The Morgan fingerprint density at radius 2 is 1.55 bits per heavy atom. The van der Waals surface area contributed by atoms with Crippen LogP contribution in [0, 0.1) is 0 Å². The van der Waals surface area contributed by atoms with Crippen LogP contribution in [-0.4, -0.2) is 26.6 Å². The lowest BCUT2D eigenvalue weighted by atomic mass is 10.4. The average Bonchev–Trinajstić information content (AvgIpc) is 2.40. The van der Waals surface area contributed by atoms with Crippen molar-refractivity contribution in [3.8, 4) is 0 Å². The van der Waals surface area contributed by atoms with E-state index in [9.17, 15) is 13.0 Å². The maximum absolute atomic E-state index is 12.7. The van der Waals surface area contributed by atoms with Crippen LogP contribution in [-0.2, 0) is 23.4 Å². The van der Waals surface area contributed by atoms with Crippen molar-refractivity contribution in [1.29, 1.82) is 0 Å². The highest BCUT2D eigenvalue weighted by molar-refractivity contribution is 7.98. The molecule has 20 heavy (non-hydrogen) atoms. The van der Waals surface area contributed by atoms with Gasteiger partial charge in [0.2, 0.25) is 0 Å². The fourth-order valence-electron chi connectivity index (χ4n) is 1.94. The standard InChI is InChI=1S/C13H21O5PS/c1-4-13(19(14,17-5-2)18-6-3)20(15,16)12-10-8-7-9-11-12/h7-11,13H,4-6H2,1-3H3. The summed E-state index contributed by atoms with van der Waals surface area (Å²) in [6.45, 7) is 5.26. The third kappa shape index (κ3) is 3.70. The second-order valence-electron chi connectivity index (χ2n) is 4.10. The number of hydrogen-bond donors (Lipinski definition) is 0. The molecule has 114 valence electrons. The molecule has 0 spiro atoms. The fraction of sp³-hybridized carbons (Fsp3) is 0.538. The highest BCUT2D eigenvalue weighted by atomic mass is 32.2. The Hall–Kier alpha value is -0.680. The van der Waals surface area contributed by atoms with Gasteiger partial charge in [0, 0.05) is 0 Å². The number of sulfone groups is 1. The molecule has 7 heteroatoms. The van der Waals surface area contributed by atoms with E-state index >= 15 is 0 Å². The molecule has 1 rings (SSSR count). The van der Waals surface area contributed by atoms with Crippen LogP contribution in [0.4, 0.5) is 0 Å². The van der Waals surface area contributed by atoms with Gasteiger partial charge in [-0.2, -0.15) is 0 Å². The van der Waals surface area contributed by atoms with Gasteiger partial charge in [0.15, 0.2) is 14.8 Å². The molecule has 0 N–H and O–H groups in total. The maximum atomic E-state index is 12.7. The minimum atomic E-state index is -3.77. The zero-order chi connectivity index (χ0) is 15.2. The molecule has 0 aliphatic rings. The van der Waals surface area contributed by atoms with E-state index in [4.69, 9.17) is 9.05 Å². The topological polar surface area (TPSA) is 69.7 Å². The van der Waals surface area contributed by atoms with E-state index in [0.717, 1.165) is 0 Å². The van der Waals surface area contributed by atoms with Crippen LogP contribution in [0.2, 0.25) is 0 Å². The molecule has 1 aromatic rings. The van der Waals surface area contributed by atoms with Crippen LogP contribution in [0.25, 0.3) is 0 Å². The third-order valence-electron chi connectivity index (χ3n) is 2.75. The monoisotopic (exact) mass is 320 g/mol. The molecule has 0 aliphatic heterocycles. The van der Waals surface area contributed by atoms with Crippen LogP contribution in [0.5, 0.6) is 0 Å². The second kappa shape index (κ2) is 7.36. The van der Waals surface area contributed by atoms with Gasteiger partial charge in [-0.3, -0.25) is 4.57 Å². The largest absolute Gasteiger partial charge is 0.349 e. The molecule has 0 saturated heterocycles. The van der Waals surface area contributed by atoms with Gasteiger partial charge < -0.3 is 9.05 Å². The zero-order valence-electron chi connectivity index (χ0n) is 12.0. The van der Waals surface area contributed by atoms with Crippen molar-refractivity contribution >= 4 is 17.4 Å². The highest BCUT2D eigenvalue weighted by Gasteiger charge is 2.44. The summed E-state index contributed by atoms with van der Waals surface area (Å²) in [7, 11) is -7.47. The lowest BCUT2D eigenvalue weighted by Gasteiger charge is -2.25. The van der Waals surface area contributed by atoms with E-state index in [0.29, 0.717) is 0 Å². The molecule has 0 radical (unpaired) electrons. The van der Waals surface area contributed by atoms with Crippen molar-refractivity contribution in [2.75, 3.05) is 13.2 Å². The summed E-state index contributed by atoms with van der Waals surface area (Å²) >= 11 is 0. The number of rotatable bonds is 8. The summed E-state index contributed by atoms with van der Waals surface area (Å²) in [5.41, 5.74) is 0. The van der Waals surface area contributed by atoms with Gasteiger partial charge in [-0.1, -0.05) is 25.1 Å². The zero-order valence-corrected chi connectivity index (χ0v) is 13.7. The van der Waals surface area contributed by atoms with Crippen LogP contribution in [0.1, 0.15) is 27.2 Å². The molecule has 0 saturated carbocycles. The third-order valence-corrected chi connectivity index (χ3v) is 8.64. The summed E-state index contributed by atoms with van der Waals surface area (Å²) < 4.78 is 48.4. The van der Waals surface area contributed by atoms with E-state index in [2.05, 4.69) is 0 Å². The van der Waals surface area contributed by atoms with Gasteiger partial charge >= 0.3 is 7.60 Å². The summed E-state index contributed by atoms with van der Waals surface area (Å²) in [6, 6.07) is 7.96. The number of benzene rings is 1. The van der Waals surface area contributed by atoms with Crippen LogP contribution < -0.4 is 0 Å². The van der Waals surface area contributed by atoms with E-state index in [1.807, 2.05) is 0 Å². The van der Waals surface area contributed by atoms with Crippen molar-refractivity contribution in [2.24, 2.45) is 0 Å². The highest BCUT2D eigenvalue weighted by Crippen LogP contribution is 2.57. The smallest absolute Gasteiger partial charge is 0.308 e. The Bertz CT molecular complexity index is 545. The Labute approximate surface area is 120 Å². The molecule has 1 atom stereocenters. The Kier molecular flexibility index (Phi) is 6.40. The number of hydrogen-bond acceptors (Lipinski definition) is 5.